The van der Waals surface area contributed by atoms with Crippen molar-refractivity contribution in [3.8, 4) is 5.75 Å². The van der Waals surface area contributed by atoms with Crippen LogP contribution in [0.3, 0.4) is 0 Å². The molecule has 0 fully saturated rings. The topological polar surface area (TPSA) is 9.23 Å². The molecule has 1 unspecified atom stereocenters. The summed E-state index contributed by atoms with van der Waals surface area (Å²) in [6.45, 7) is 2.62. The summed E-state index contributed by atoms with van der Waals surface area (Å²) < 4.78 is 6.28. The van der Waals surface area contributed by atoms with Crippen LogP contribution in [-0.4, -0.2) is 6.61 Å². The van der Waals surface area contributed by atoms with Crippen LogP contribution in [0.1, 0.15) is 23.4 Å². The fourth-order valence-corrected chi connectivity index (χ4v) is 2.48. The van der Waals surface area contributed by atoms with Crippen molar-refractivity contribution >= 4 is 39.1 Å². The van der Waals surface area contributed by atoms with E-state index in [9.17, 15) is 0 Å². The number of rotatable bonds is 4. The average molecular weight is 360 g/mol. The lowest BCUT2D eigenvalue weighted by Crippen LogP contribution is -1.95. The molecule has 4 heteroatoms. The predicted molar refractivity (Wildman–Crippen MR) is 84.5 cm³/mol. The molecule has 2 aromatic rings. The SMILES string of the molecule is CCOc1ccc(C(Cl)c2ccc(Br)c(Cl)c2)cc1. The standard InChI is InChI=1S/C15H13BrCl2O/c1-2-19-12-6-3-10(4-7-12)15(18)11-5-8-13(16)14(17)9-11/h3-9,15H,2H2,1H3. The molecule has 2 rings (SSSR count). The Morgan fingerprint density at radius 3 is 2.32 bits per heavy atom. The molecule has 0 aliphatic rings. The van der Waals surface area contributed by atoms with Crippen molar-refractivity contribution in [1.82, 2.24) is 0 Å². The Morgan fingerprint density at radius 1 is 1.11 bits per heavy atom. The first-order chi connectivity index (χ1) is 9.11. The molecule has 0 amide bonds. The maximum atomic E-state index is 6.47. The lowest BCUT2D eigenvalue weighted by Gasteiger charge is -2.12. The highest BCUT2D eigenvalue weighted by molar-refractivity contribution is 9.10. The zero-order chi connectivity index (χ0) is 13.8. The highest BCUT2D eigenvalue weighted by atomic mass is 79.9. The van der Waals surface area contributed by atoms with E-state index in [1.165, 1.54) is 0 Å². The minimum atomic E-state index is -0.221. The number of alkyl halides is 1. The second kappa shape index (κ2) is 6.65. The van der Waals surface area contributed by atoms with Gasteiger partial charge in [0.2, 0.25) is 0 Å². The Bertz CT molecular complexity index is 555. The van der Waals surface area contributed by atoms with Gasteiger partial charge in [-0.2, -0.15) is 0 Å². The molecule has 2 aromatic carbocycles. The highest BCUT2D eigenvalue weighted by Crippen LogP contribution is 2.33. The first kappa shape index (κ1) is 14.7. The molecule has 0 aliphatic heterocycles. The van der Waals surface area contributed by atoms with Crippen molar-refractivity contribution in [2.75, 3.05) is 6.61 Å². The zero-order valence-corrected chi connectivity index (χ0v) is 13.5. The maximum Gasteiger partial charge on any atom is 0.119 e. The molecule has 0 bridgehead atoms. The molecule has 0 saturated heterocycles. The van der Waals surface area contributed by atoms with Gasteiger partial charge in [-0.25, -0.2) is 0 Å². The summed E-state index contributed by atoms with van der Waals surface area (Å²) in [5.74, 6) is 0.851. The molecule has 0 aliphatic carbocycles. The zero-order valence-electron chi connectivity index (χ0n) is 10.4. The van der Waals surface area contributed by atoms with E-state index in [1.54, 1.807) is 0 Å². The van der Waals surface area contributed by atoms with Crippen LogP contribution in [0.15, 0.2) is 46.9 Å². The van der Waals surface area contributed by atoms with Crippen molar-refractivity contribution in [3.05, 3.63) is 63.1 Å². The first-order valence-electron chi connectivity index (χ1n) is 5.93. The quantitative estimate of drug-likeness (QED) is 0.624. The van der Waals surface area contributed by atoms with Crippen LogP contribution in [0.5, 0.6) is 5.75 Å². The van der Waals surface area contributed by atoms with Gasteiger partial charge in [0, 0.05) is 4.47 Å². The fraction of sp³-hybridized carbons (Fsp3) is 0.200. The van der Waals surface area contributed by atoms with Crippen molar-refractivity contribution in [2.24, 2.45) is 0 Å². The first-order valence-corrected chi connectivity index (χ1v) is 7.54. The average Bonchev–Trinajstić information content (AvgIpc) is 2.42. The third kappa shape index (κ3) is 3.65. The van der Waals surface area contributed by atoms with E-state index in [1.807, 2.05) is 49.4 Å². The van der Waals surface area contributed by atoms with Gasteiger partial charge in [0.15, 0.2) is 0 Å². The van der Waals surface area contributed by atoms with E-state index in [0.717, 1.165) is 21.3 Å². The smallest absolute Gasteiger partial charge is 0.119 e. The summed E-state index contributed by atoms with van der Waals surface area (Å²) in [7, 11) is 0. The van der Waals surface area contributed by atoms with E-state index >= 15 is 0 Å². The van der Waals surface area contributed by atoms with Crippen molar-refractivity contribution in [3.63, 3.8) is 0 Å². The van der Waals surface area contributed by atoms with Gasteiger partial charge in [-0.3, -0.25) is 0 Å². The summed E-state index contributed by atoms with van der Waals surface area (Å²) in [4.78, 5) is 0. The van der Waals surface area contributed by atoms with Crippen LogP contribution in [0.4, 0.5) is 0 Å². The monoisotopic (exact) mass is 358 g/mol. The van der Waals surface area contributed by atoms with E-state index in [0.29, 0.717) is 11.6 Å². The number of hydrogen-bond donors (Lipinski definition) is 0. The van der Waals surface area contributed by atoms with Crippen LogP contribution < -0.4 is 4.74 Å². The van der Waals surface area contributed by atoms with Gasteiger partial charge < -0.3 is 4.74 Å². The molecular formula is C15H13BrCl2O. The van der Waals surface area contributed by atoms with Crippen molar-refractivity contribution < 1.29 is 4.74 Å². The van der Waals surface area contributed by atoms with Crippen LogP contribution in [0.25, 0.3) is 0 Å². The largest absolute Gasteiger partial charge is 0.494 e. The normalized spacial score (nSPS) is 12.2. The van der Waals surface area contributed by atoms with Crippen LogP contribution in [0, 0.1) is 0 Å². The van der Waals surface area contributed by atoms with E-state index in [2.05, 4.69) is 15.9 Å². The molecule has 0 spiro atoms. The van der Waals surface area contributed by atoms with E-state index in [-0.39, 0.29) is 5.38 Å². The van der Waals surface area contributed by atoms with Gasteiger partial charge in [0.05, 0.1) is 17.0 Å². The molecule has 19 heavy (non-hydrogen) atoms. The third-order valence-electron chi connectivity index (χ3n) is 2.72. The molecule has 0 saturated carbocycles. The van der Waals surface area contributed by atoms with Crippen molar-refractivity contribution in [1.29, 1.82) is 0 Å². The molecule has 0 radical (unpaired) electrons. The van der Waals surface area contributed by atoms with Crippen LogP contribution in [0.2, 0.25) is 5.02 Å². The van der Waals surface area contributed by atoms with Gasteiger partial charge in [-0.15, -0.1) is 11.6 Å². The molecule has 0 aromatic heterocycles. The number of halogens is 3. The lowest BCUT2D eigenvalue weighted by atomic mass is 10.0. The highest BCUT2D eigenvalue weighted by Gasteiger charge is 2.12. The van der Waals surface area contributed by atoms with Gasteiger partial charge in [0.25, 0.3) is 0 Å². The number of hydrogen-bond acceptors (Lipinski definition) is 1. The van der Waals surface area contributed by atoms with Gasteiger partial charge in [0.1, 0.15) is 5.75 Å². The summed E-state index contributed by atoms with van der Waals surface area (Å²) in [5.41, 5.74) is 1.99. The molecule has 0 heterocycles. The molecule has 1 nitrogen and oxygen atoms in total. The Labute approximate surface area is 131 Å². The van der Waals surface area contributed by atoms with E-state index < -0.39 is 0 Å². The second-order valence-electron chi connectivity index (χ2n) is 4.04. The third-order valence-corrected chi connectivity index (χ3v) is 4.46. The molecule has 100 valence electrons. The summed E-state index contributed by atoms with van der Waals surface area (Å²) in [6.07, 6.45) is 0. The Balaban J connectivity index is 2.22. The molecule has 1 atom stereocenters. The molecular weight excluding hydrogens is 347 g/mol. The Hall–Kier alpha value is -0.700. The Morgan fingerprint density at radius 2 is 1.74 bits per heavy atom. The van der Waals surface area contributed by atoms with Gasteiger partial charge in [-0.05, 0) is 58.2 Å². The number of benzene rings is 2. The molecule has 0 N–H and O–H groups in total. The van der Waals surface area contributed by atoms with Crippen LogP contribution >= 0.6 is 39.1 Å². The van der Waals surface area contributed by atoms with Gasteiger partial charge in [-0.1, -0.05) is 29.8 Å². The van der Waals surface area contributed by atoms with E-state index in [4.69, 9.17) is 27.9 Å². The summed E-state index contributed by atoms with van der Waals surface area (Å²) in [5, 5.41) is 0.440. The summed E-state index contributed by atoms with van der Waals surface area (Å²) in [6, 6.07) is 13.5. The second-order valence-corrected chi connectivity index (χ2v) is 5.74. The minimum Gasteiger partial charge on any atom is -0.494 e. The summed E-state index contributed by atoms with van der Waals surface area (Å²) >= 11 is 15.9. The van der Waals surface area contributed by atoms with Crippen molar-refractivity contribution in [2.45, 2.75) is 12.3 Å². The van der Waals surface area contributed by atoms with Crippen LogP contribution in [-0.2, 0) is 0 Å². The maximum absolute atomic E-state index is 6.47. The minimum absolute atomic E-state index is 0.221. The Kier molecular flexibility index (Phi) is 5.14. The van der Waals surface area contributed by atoms with Gasteiger partial charge >= 0.3 is 0 Å². The lowest BCUT2D eigenvalue weighted by molar-refractivity contribution is 0.340. The fourth-order valence-electron chi connectivity index (χ4n) is 1.76. The number of ether oxygens (including phenoxy) is 1. The predicted octanol–water partition coefficient (Wildman–Crippen LogP) is 5.83.